The summed E-state index contributed by atoms with van der Waals surface area (Å²) >= 11 is 5.98. The average molecular weight is 310 g/mol. The molecule has 21 heavy (non-hydrogen) atoms. The Labute approximate surface area is 126 Å². The number of hydrogen-bond donors (Lipinski definition) is 1. The third kappa shape index (κ3) is 3.67. The molecule has 110 valence electrons. The predicted octanol–water partition coefficient (Wildman–Crippen LogP) is 4.56. The summed E-state index contributed by atoms with van der Waals surface area (Å²) in [5, 5.41) is 3.57. The Morgan fingerprint density at radius 2 is 1.90 bits per heavy atom. The van der Waals surface area contributed by atoms with Gasteiger partial charge in [-0.1, -0.05) is 35.9 Å². The molecule has 0 saturated heterocycles. The van der Waals surface area contributed by atoms with Gasteiger partial charge in [-0.05, 0) is 18.4 Å². The first-order valence-electron chi connectivity index (χ1n) is 6.77. The number of benzene rings is 1. The number of nitrogens with one attached hydrogen (secondary N) is 1. The van der Waals surface area contributed by atoms with E-state index in [2.05, 4.69) is 15.3 Å². The first kappa shape index (κ1) is 14.2. The van der Waals surface area contributed by atoms with Crippen LogP contribution in [-0.4, -0.2) is 9.97 Å². The van der Waals surface area contributed by atoms with Crippen LogP contribution < -0.4 is 5.32 Å². The van der Waals surface area contributed by atoms with E-state index >= 15 is 0 Å². The zero-order chi connectivity index (χ0) is 14.8. The average Bonchev–Trinajstić information content (AvgIpc) is 3.29. The lowest BCUT2D eigenvalue weighted by molar-refractivity contribution is 0.151. The smallest absolute Gasteiger partial charge is 0.263 e. The number of alkyl halides is 2. The van der Waals surface area contributed by atoms with Gasteiger partial charge >= 0.3 is 0 Å². The van der Waals surface area contributed by atoms with Crippen LogP contribution in [0.25, 0.3) is 0 Å². The van der Waals surface area contributed by atoms with Crippen molar-refractivity contribution in [1.29, 1.82) is 0 Å². The van der Waals surface area contributed by atoms with Crippen LogP contribution in [0.15, 0.2) is 30.3 Å². The normalized spacial score (nSPS) is 14.5. The third-order valence-corrected chi connectivity index (χ3v) is 3.55. The molecular formula is C15H14ClF2N3. The van der Waals surface area contributed by atoms with Gasteiger partial charge in [-0.25, -0.2) is 18.7 Å². The van der Waals surface area contributed by atoms with Gasteiger partial charge in [0.15, 0.2) is 0 Å². The Balaban J connectivity index is 1.66. The van der Waals surface area contributed by atoms with Gasteiger partial charge in [-0.15, -0.1) is 0 Å². The van der Waals surface area contributed by atoms with Gasteiger partial charge in [0.2, 0.25) is 0 Å². The molecule has 6 heteroatoms. The summed E-state index contributed by atoms with van der Waals surface area (Å²) in [5.41, 5.74) is 0.932. The molecule has 1 aliphatic carbocycles. The Kier molecular flexibility index (Phi) is 4.01. The standard InChI is InChI=1S/C15H14ClF2N3/c16-12-7-13(21-15(20-12)11-5-6-11)19-8-9-1-3-10(4-2-9)14(17)18/h1-4,7,11,14H,5-6,8H2,(H,19,20,21). The molecule has 0 atom stereocenters. The highest BCUT2D eigenvalue weighted by atomic mass is 35.5. The summed E-state index contributed by atoms with van der Waals surface area (Å²) in [6, 6.07) is 7.90. The molecule has 1 aliphatic rings. The molecular weight excluding hydrogens is 296 g/mol. The molecule has 1 heterocycles. The molecule has 3 nitrogen and oxygen atoms in total. The largest absolute Gasteiger partial charge is 0.366 e. The fourth-order valence-corrected chi connectivity index (χ4v) is 2.21. The molecule has 0 spiro atoms. The van der Waals surface area contributed by atoms with Crippen molar-refractivity contribution in [3.05, 3.63) is 52.4 Å². The van der Waals surface area contributed by atoms with E-state index in [1.54, 1.807) is 18.2 Å². The van der Waals surface area contributed by atoms with Crippen molar-refractivity contribution < 1.29 is 8.78 Å². The lowest BCUT2D eigenvalue weighted by Gasteiger charge is -2.08. The lowest BCUT2D eigenvalue weighted by atomic mass is 10.1. The molecule has 1 N–H and O–H groups in total. The number of hydrogen-bond acceptors (Lipinski definition) is 3. The minimum Gasteiger partial charge on any atom is -0.366 e. The summed E-state index contributed by atoms with van der Waals surface area (Å²) < 4.78 is 24.9. The second kappa shape index (κ2) is 5.93. The molecule has 0 radical (unpaired) electrons. The van der Waals surface area contributed by atoms with Crippen molar-refractivity contribution in [2.45, 2.75) is 31.7 Å². The summed E-state index contributed by atoms with van der Waals surface area (Å²) in [7, 11) is 0. The molecule has 1 saturated carbocycles. The van der Waals surface area contributed by atoms with E-state index in [0.29, 0.717) is 23.4 Å². The Morgan fingerprint density at radius 1 is 1.19 bits per heavy atom. The molecule has 1 fully saturated rings. The van der Waals surface area contributed by atoms with Gasteiger partial charge in [-0.2, -0.15) is 0 Å². The van der Waals surface area contributed by atoms with Crippen molar-refractivity contribution in [2.75, 3.05) is 5.32 Å². The lowest BCUT2D eigenvalue weighted by Crippen LogP contribution is -2.04. The highest BCUT2D eigenvalue weighted by Crippen LogP contribution is 2.38. The second-order valence-electron chi connectivity index (χ2n) is 5.10. The molecule has 2 aromatic rings. The molecule has 0 aliphatic heterocycles. The van der Waals surface area contributed by atoms with Gasteiger partial charge in [-0.3, -0.25) is 0 Å². The number of rotatable bonds is 5. The van der Waals surface area contributed by atoms with Gasteiger partial charge in [0, 0.05) is 24.1 Å². The van der Waals surface area contributed by atoms with Crippen LogP contribution in [0.2, 0.25) is 5.15 Å². The zero-order valence-corrected chi connectivity index (χ0v) is 11.9. The van der Waals surface area contributed by atoms with Crippen LogP contribution in [-0.2, 0) is 6.54 Å². The summed E-state index contributed by atoms with van der Waals surface area (Å²) in [6.45, 7) is 0.501. The molecule has 0 unspecified atom stereocenters. The van der Waals surface area contributed by atoms with Crippen LogP contribution in [0.4, 0.5) is 14.6 Å². The fraction of sp³-hybridized carbons (Fsp3) is 0.333. The van der Waals surface area contributed by atoms with E-state index in [9.17, 15) is 8.78 Å². The van der Waals surface area contributed by atoms with Crippen molar-refractivity contribution in [1.82, 2.24) is 9.97 Å². The van der Waals surface area contributed by atoms with Crippen LogP contribution in [0.1, 0.15) is 42.1 Å². The minimum absolute atomic E-state index is 0.0276. The predicted molar refractivity (Wildman–Crippen MR) is 77.7 cm³/mol. The number of anilines is 1. The van der Waals surface area contributed by atoms with E-state index in [0.717, 1.165) is 24.2 Å². The van der Waals surface area contributed by atoms with Gasteiger partial charge in [0.25, 0.3) is 6.43 Å². The number of aromatic nitrogens is 2. The number of nitrogens with zero attached hydrogens (tertiary/aromatic N) is 2. The topological polar surface area (TPSA) is 37.8 Å². The maximum absolute atomic E-state index is 12.5. The zero-order valence-electron chi connectivity index (χ0n) is 11.2. The van der Waals surface area contributed by atoms with E-state index < -0.39 is 6.43 Å². The fourth-order valence-electron chi connectivity index (χ4n) is 2.02. The van der Waals surface area contributed by atoms with Gasteiger partial charge in [0.05, 0.1) is 0 Å². The van der Waals surface area contributed by atoms with E-state index in [-0.39, 0.29) is 5.56 Å². The SMILES string of the molecule is FC(F)c1ccc(CNc2cc(Cl)nc(C3CC3)n2)cc1. The molecule has 0 amide bonds. The third-order valence-electron chi connectivity index (χ3n) is 3.36. The summed E-state index contributed by atoms with van der Waals surface area (Å²) in [4.78, 5) is 8.64. The van der Waals surface area contributed by atoms with Crippen molar-refractivity contribution in [3.63, 3.8) is 0 Å². The maximum atomic E-state index is 12.5. The molecule has 3 rings (SSSR count). The minimum atomic E-state index is -2.44. The van der Waals surface area contributed by atoms with Gasteiger partial charge in [0.1, 0.15) is 16.8 Å². The second-order valence-corrected chi connectivity index (χ2v) is 5.49. The highest BCUT2D eigenvalue weighted by Gasteiger charge is 2.27. The van der Waals surface area contributed by atoms with Crippen LogP contribution in [0.5, 0.6) is 0 Å². The molecule has 1 aromatic heterocycles. The number of halogens is 3. The van der Waals surface area contributed by atoms with E-state index in [1.165, 1.54) is 12.1 Å². The monoisotopic (exact) mass is 309 g/mol. The van der Waals surface area contributed by atoms with E-state index in [4.69, 9.17) is 11.6 Å². The Hall–Kier alpha value is -1.75. The Morgan fingerprint density at radius 3 is 2.52 bits per heavy atom. The first-order valence-corrected chi connectivity index (χ1v) is 7.15. The van der Waals surface area contributed by atoms with Crippen molar-refractivity contribution in [2.24, 2.45) is 0 Å². The van der Waals surface area contributed by atoms with Crippen LogP contribution >= 0.6 is 11.6 Å². The van der Waals surface area contributed by atoms with Gasteiger partial charge < -0.3 is 5.32 Å². The highest BCUT2D eigenvalue weighted by molar-refractivity contribution is 6.29. The Bertz CT molecular complexity index is 627. The summed E-state index contributed by atoms with van der Waals surface area (Å²) in [6.07, 6.45) is -0.224. The van der Waals surface area contributed by atoms with Crippen molar-refractivity contribution in [3.8, 4) is 0 Å². The maximum Gasteiger partial charge on any atom is 0.263 e. The van der Waals surface area contributed by atoms with Crippen LogP contribution in [0, 0.1) is 0 Å². The summed E-state index contributed by atoms with van der Waals surface area (Å²) in [5.74, 6) is 1.86. The van der Waals surface area contributed by atoms with Crippen molar-refractivity contribution >= 4 is 17.4 Å². The van der Waals surface area contributed by atoms with Crippen LogP contribution in [0.3, 0.4) is 0 Å². The first-order chi connectivity index (χ1) is 10.1. The quantitative estimate of drug-likeness (QED) is 0.823. The molecule has 1 aromatic carbocycles. The molecule has 0 bridgehead atoms. The van der Waals surface area contributed by atoms with E-state index in [1.807, 2.05) is 0 Å².